The maximum atomic E-state index is 13.1. The Morgan fingerprint density at radius 2 is 1.94 bits per heavy atom. The van der Waals surface area contributed by atoms with E-state index in [9.17, 15) is 14.4 Å². The van der Waals surface area contributed by atoms with Gasteiger partial charge in [-0.1, -0.05) is 43.7 Å². The molecule has 0 radical (unpaired) electrons. The normalized spacial score (nSPS) is 14.7. The Bertz CT molecular complexity index is 966. The minimum absolute atomic E-state index is 0.143. The fourth-order valence-corrected chi connectivity index (χ4v) is 3.52. The van der Waals surface area contributed by atoms with Crippen LogP contribution in [0.15, 0.2) is 30.3 Å². The van der Waals surface area contributed by atoms with Gasteiger partial charge in [0.25, 0.3) is 11.8 Å². The van der Waals surface area contributed by atoms with Crippen LogP contribution in [-0.2, 0) is 17.9 Å². The van der Waals surface area contributed by atoms with E-state index >= 15 is 0 Å². The first-order valence-electron chi connectivity index (χ1n) is 10.8. The van der Waals surface area contributed by atoms with Crippen LogP contribution in [0.2, 0.25) is 0 Å². The summed E-state index contributed by atoms with van der Waals surface area (Å²) in [6.07, 6.45) is 0.751. The van der Waals surface area contributed by atoms with Crippen molar-refractivity contribution >= 4 is 17.7 Å². The van der Waals surface area contributed by atoms with Crippen molar-refractivity contribution in [2.24, 2.45) is 5.92 Å². The molecule has 8 heteroatoms. The third-order valence-electron chi connectivity index (χ3n) is 5.20. The van der Waals surface area contributed by atoms with Crippen molar-refractivity contribution in [3.8, 4) is 0 Å². The third kappa shape index (κ3) is 5.71. The maximum Gasteiger partial charge on any atom is 0.272 e. The zero-order valence-corrected chi connectivity index (χ0v) is 18.6. The molecular formula is C23H31N5O3. The molecule has 1 unspecified atom stereocenters. The van der Waals surface area contributed by atoms with Crippen molar-refractivity contribution in [1.29, 1.82) is 0 Å². The van der Waals surface area contributed by atoms with E-state index in [-0.39, 0.29) is 17.5 Å². The molecule has 2 aromatic rings. The molecule has 2 N–H and O–H groups in total. The molecule has 1 aliphatic rings. The highest BCUT2D eigenvalue weighted by molar-refractivity contribution is 5.99. The average Bonchev–Trinajstić information content (AvgIpc) is 3.09. The van der Waals surface area contributed by atoms with E-state index in [1.165, 1.54) is 6.07 Å². The Labute approximate surface area is 183 Å². The molecular weight excluding hydrogens is 394 g/mol. The zero-order valence-electron chi connectivity index (χ0n) is 18.6. The average molecular weight is 426 g/mol. The second kappa shape index (κ2) is 9.76. The first-order chi connectivity index (χ1) is 14.7. The molecule has 166 valence electrons. The standard InChI is InChI=1S/C23H31N5O3/c1-15(2)13-24-21(29)17(4)25-22(30)19-12-20-23(31)27(9-6-10-28(20)26-19)14-18-8-5-7-16(3)11-18/h5,7-8,11-12,15,17H,6,9-10,13-14H2,1-4H3,(H,24,29)(H,25,30). The summed E-state index contributed by atoms with van der Waals surface area (Å²) < 4.78 is 1.59. The van der Waals surface area contributed by atoms with Crippen LogP contribution in [-0.4, -0.2) is 51.5 Å². The predicted octanol–water partition coefficient (Wildman–Crippen LogP) is 2.13. The van der Waals surface area contributed by atoms with Crippen molar-refractivity contribution in [3.63, 3.8) is 0 Å². The van der Waals surface area contributed by atoms with Gasteiger partial charge in [0.05, 0.1) is 0 Å². The smallest absolute Gasteiger partial charge is 0.272 e. The van der Waals surface area contributed by atoms with Gasteiger partial charge in [-0.05, 0) is 31.7 Å². The van der Waals surface area contributed by atoms with Gasteiger partial charge >= 0.3 is 0 Å². The summed E-state index contributed by atoms with van der Waals surface area (Å²) >= 11 is 0. The Morgan fingerprint density at radius 1 is 1.16 bits per heavy atom. The first kappa shape index (κ1) is 22.5. The summed E-state index contributed by atoms with van der Waals surface area (Å²) in [6.45, 7) is 9.90. The van der Waals surface area contributed by atoms with E-state index in [1.54, 1.807) is 16.5 Å². The van der Waals surface area contributed by atoms with E-state index in [1.807, 2.05) is 39.0 Å². The van der Waals surface area contributed by atoms with Crippen LogP contribution in [0.25, 0.3) is 0 Å². The SMILES string of the molecule is Cc1cccc(CN2CCCn3nc(C(=O)NC(C)C(=O)NCC(C)C)cc3C2=O)c1. The molecule has 1 aliphatic heterocycles. The van der Waals surface area contributed by atoms with Crippen molar-refractivity contribution in [2.75, 3.05) is 13.1 Å². The number of carbonyl (C=O) groups is 3. The summed E-state index contributed by atoms with van der Waals surface area (Å²) in [6, 6.07) is 8.91. The summed E-state index contributed by atoms with van der Waals surface area (Å²) in [5.41, 5.74) is 2.76. The van der Waals surface area contributed by atoms with Crippen LogP contribution in [0.5, 0.6) is 0 Å². The second-order valence-electron chi connectivity index (χ2n) is 8.54. The monoisotopic (exact) mass is 425 g/mol. The van der Waals surface area contributed by atoms with Gasteiger partial charge in [0.1, 0.15) is 11.7 Å². The molecule has 31 heavy (non-hydrogen) atoms. The van der Waals surface area contributed by atoms with E-state index in [2.05, 4.69) is 21.8 Å². The highest BCUT2D eigenvalue weighted by Crippen LogP contribution is 2.17. The number of hydrogen-bond acceptors (Lipinski definition) is 4. The Kier molecular flexibility index (Phi) is 7.09. The van der Waals surface area contributed by atoms with Gasteiger partial charge in [-0.2, -0.15) is 5.10 Å². The van der Waals surface area contributed by atoms with E-state index in [0.717, 1.165) is 17.5 Å². The van der Waals surface area contributed by atoms with Crippen molar-refractivity contribution in [1.82, 2.24) is 25.3 Å². The Hall–Kier alpha value is -3.16. The molecule has 2 heterocycles. The van der Waals surface area contributed by atoms with Crippen molar-refractivity contribution in [2.45, 2.75) is 53.2 Å². The van der Waals surface area contributed by atoms with Crippen molar-refractivity contribution in [3.05, 3.63) is 52.8 Å². The molecule has 3 amide bonds. The number of carbonyl (C=O) groups excluding carboxylic acids is 3. The lowest BCUT2D eigenvalue weighted by Crippen LogP contribution is -2.45. The maximum absolute atomic E-state index is 13.1. The molecule has 8 nitrogen and oxygen atoms in total. The number of rotatable bonds is 7. The number of fused-ring (bicyclic) bond motifs is 1. The summed E-state index contributed by atoms with van der Waals surface area (Å²) in [4.78, 5) is 39.7. The van der Waals surface area contributed by atoms with Crippen LogP contribution >= 0.6 is 0 Å². The van der Waals surface area contributed by atoms with Crippen molar-refractivity contribution < 1.29 is 14.4 Å². The molecule has 1 atom stereocenters. The highest BCUT2D eigenvalue weighted by Gasteiger charge is 2.27. The molecule has 3 rings (SSSR count). The van der Waals surface area contributed by atoms with Gasteiger partial charge in [-0.25, -0.2) is 0 Å². The Balaban J connectivity index is 1.69. The van der Waals surface area contributed by atoms with Gasteiger partial charge in [-0.3, -0.25) is 19.1 Å². The number of aromatic nitrogens is 2. The summed E-state index contributed by atoms with van der Waals surface area (Å²) in [5.74, 6) is -0.535. The molecule has 1 aromatic heterocycles. The molecule has 0 saturated heterocycles. The lowest BCUT2D eigenvalue weighted by atomic mass is 10.1. The highest BCUT2D eigenvalue weighted by atomic mass is 16.2. The van der Waals surface area contributed by atoms with E-state index < -0.39 is 11.9 Å². The fourth-order valence-electron chi connectivity index (χ4n) is 3.52. The third-order valence-corrected chi connectivity index (χ3v) is 5.20. The van der Waals surface area contributed by atoms with Gasteiger partial charge in [0.15, 0.2) is 5.69 Å². The van der Waals surface area contributed by atoms with Gasteiger partial charge in [0.2, 0.25) is 5.91 Å². The van der Waals surface area contributed by atoms with Crippen LogP contribution in [0.3, 0.4) is 0 Å². The predicted molar refractivity (Wildman–Crippen MR) is 118 cm³/mol. The van der Waals surface area contributed by atoms with Crippen LogP contribution in [0, 0.1) is 12.8 Å². The summed E-state index contributed by atoms with van der Waals surface area (Å²) in [5, 5.41) is 9.79. The number of amides is 3. The number of hydrogen-bond donors (Lipinski definition) is 2. The van der Waals surface area contributed by atoms with Gasteiger partial charge in [0, 0.05) is 32.2 Å². The zero-order chi connectivity index (χ0) is 22.5. The lowest BCUT2D eigenvalue weighted by molar-refractivity contribution is -0.122. The minimum atomic E-state index is -0.693. The summed E-state index contributed by atoms with van der Waals surface area (Å²) in [7, 11) is 0. The van der Waals surface area contributed by atoms with Gasteiger partial charge < -0.3 is 15.5 Å². The number of benzene rings is 1. The molecule has 0 saturated carbocycles. The quantitative estimate of drug-likeness (QED) is 0.710. The number of aryl methyl sites for hydroxylation is 2. The first-order valence-corrected chi connectivity index (χ1v) is 10.8. The Morgan fingerprint density at radius 3 is 2.65 bits per heavy atom. The van der Waals surface area contributed by atoms with E-state index in [0.29, 0.717) is 37.8 Å². The number of nitrogens with one attached hydrogen (secondary N) is 2. The van der Waals surface area contributed by atoms with Gasteiger partial charge in [-0.15, -0.1) is 0 Å². The minimum Gasteiger partial charge on any atom is -0.354 e. The molecule has 0 spiro atoms. The second-order valence-corrected chi connectivity index (χ2v) is 8.54. The lowest BCUT2D eigenvalue weighted by Gasteiger charge is -2.20. The van der Waals surface area contributed by atoms with Crippen LogP contribution in [0.1, 0.15) is 59.3 Å². The largest absolute Gasteiger partial charge is 0.354 e. The molecule has 1 aromatic carbocycles. The fraction of sp³-hybridized carbons (Fsp3) is 0.478. The number of nitrogens with zero attached hydrogens (tertiary/aromatic N) is 3. The van der Waals surface area contributed by atoms with Crippen LogP contribution < -0.4 is 10.6 Å². The molecule has 0 fully saturated rings. The molecule has 0 aliphatic carbocycles. The molecule has 0 bridgehead atoms. The van der Waals surface area contributed by atoms with E-state index in [4.69, 9.17) is 0 Å². The van der Waals surface area contributed by atoms with Crippen LogP contribution in [0.4, 0.5) is 0 Å². The topological polar surface area (TPSA) is 96.3 Å².